The smallest absolute Gasteiger partial charge is 0.246 e. The van der Waals surface area contributed by atoms with Crippen LogP contribution in [0.5, 0.6) is 0 Å². The van der Waals surface area contributed by atoms with Gasteiger partial charge in [0.2, 0.25) is 11.7 Å². The lowest BCUT2D eigenvalue weighted by molar-refractivity contribution is -0.00136. The maximum atomic E-state index is 5.66. The average Bonchev–Trinajstić information content (AvgIpc) is 3.13. The van der Waals surface area contributed by atoms with Crippen LogP contribution in [-0.4, -0.2) is 60.6 Å². The molecule has 0 saturated carbocycles. The van der Waals surface area contributed by atoms with Gasteiger partial charge in [-0.25, -0.2) is 0 Å². The third-order valence-electron chi connectivity index (χ3n) is 4.72. The molecule has 2 atom stereocenters. The Balaban J connectivity index is 0.00000196. The van der Waals surface area contributed by atoms with Crippen molar-refractivity contribution in [3.63, 3.8) is 0 Å². The number of nitrogens with one attached hydrogen (secondary N) is 1. The van der Waals surface area contributed by atoms with E-state index in [-0.39, 0.29) is 24.6 Å². The Kier molecular flexibility index (Phi) is 6.61. The highest BCUT2D eigenvalue weighted by atomic mass is 35.5. The van der Waals surface area contributed by atoms with E-state index in [4.69, 9.17) is 14.0 Å². The zero-order chi connectivity index (χ0) is 17.1. The summed E-state index contributed by atoms with van der Waals surface area (Å²) in [6, 6.07) is 8.29. The molecule has 7 nitrogen and oxygen atoms in total. The zero-order valence-electron chi connectivity index (χ0n) is 14.9. The molecule has 26 heavy (non-hydrogen) atoms. The number of ether oxygens (including phenoxy) is 2. The molecule has 142 valence electrons. The van der Waals surface area contributed by atoms with Crippen molar-refractivity contribution < 1.29 is 14.0 Å². The number of morpholine rings is 2. The average molecular weight is 381 g/mol. The second-order valence-electron chi connectivity index (χ2n) is 6.55. The number of hydrogen-bond donors (Lipinski definition) is 1. The summed E-state index contributed by atoms with van der Waals surface area (Å²) in [7, 11) is 0. The van der Waals surface area contributed by atoms with Crippen molar-refractivity contribution in [2.45, 2.75) is 25.6 Å². The van der Waals surface area contributed by atoms with E-state index in [1.165, 1.54) is 5.56 Å². The number of aromatic nitrogens is 2. The highest BCUT2D eigenvalue weighted by Gasteiger charge is 2.28. The van der Waals surface area contributed by atoms with Crippen LogP contribution in [-0.2, 0) is 16.0 Å². The molecule has 0 aliphatic carbocycles. The second kappa shape index (κ2) is 8.92. The maximum Gasteiger partial charge on any atom is 0.246 e. The van der Waals surface area contributed by atoms with Gasteiger partial charge in [-0.2, -0.15) is 4.98 Å². The molecule has 1 aromatic heterocycles. The van der Waals surface area contributed by atoms with Gasteiger partial charge in [0.05, 0.1) is 25.9 Å². The Morgan fingerprint density at radius 1 is 1.23 bits per heavy atom. The molecule has 3 heterocycles. The largest absolute Gasteiger partial charge is 0.379 e. The molecule has 0 bridgehead atoms. The predicted octanol–water partition coefficient (Wildman–Crippen LogP) is 2.04. The van der Waals surface area contributed by atoms with Gasteiger partial charge in [-0.05, 0) is 18.6 Å². The summed E-state index contributed by atoms with van der Waals surface area (Å²) in [5.74, 6) is 1.21. The molecular formula is C18H25ClN4O3. The fraction of sp³-hybridized carbons (Fsp3) is 0.556. The van der Waals surface area contributed by atoms with Gasteiger partial charge in [-0.1, -0.05) is 23.4 Å². The molecule has 2 aliphatic heterocycles. The molecule has 0 amide bonds. The Morgan fingerprint density at radius 3 is 2.88 bits per heavy atom. The Bertz CT molecular complexity index is 705. The molecule has 2 aliphatic rings. The van der Waals surface area contributed by atoms with Crippen LogP contribution in [0.15, 0.2) is 28.8 Å². The quantitative estimate of drug-likeness (QED) is 0.870. The third kappa shape index (κ3) is 4.42. The predicted molar refractivity (Wildman–Crippen MR) is 99.2 cm³/mol. The molecule has 1 aromatic carbocycles. The van der Waals surface area contributed by atoms with E-state index in [0.29, 0.717) is 18.3 Å². The second-order valence-corrected chi connectivity index (χ2v) is 6.55. The minimum Gasteiger partial charge on any atom is -0.379 e. The first kappa shape index (κ1) is 19.3. The third-order valence-corrected chi connectivity index (χ3v) is 4.72. The normalized spacial score (nSPS) is 24.2. The molecule has 1 N–H and O–H groups in total. The summed E-state index contributed by atoms with van der Waals surface area (Å²) in [6.07, 6.45) is 0.0229. The van der Waals surface area contributed by atoms with E-state index in [2.05, 4.69) is 32.5 Å². The number of benzene rings is 1. The summed E-state index contributed by atoms with van der Waals surface area (Å²) in [4.78, 5) is 6.99. The minimum atomic E-state index is -0.0495. The monoisotopic (exact) mass is 380 g/mol. The lowest BCUT2D eigenvalue weighted by atomic mass is 10.1. The van der Waals surface area contributed by atoms with Gasteiger partial charge in [-0.3, -0.25) is 4.90 Å². The van der Waals surface area contributed by atoms with E-state index in [9.17, 15) is 0 Å². The van der Waals surface area contributed by atoms with Gasteiger partial charge in [0.15, 0.2) is 0 Å². The standard InChI is InChI=1S/C18H24N4O3.ClH/c1-13-16(19-5-8-24-13)18-20-17(21-25-18)15-4-2-3-14(11-15)12-22-6-9-23-10-7-22;/h2-4,11,13,16,19H,5-10,12H2,1H3;1H/t13-,16+;/m1./s1. The lowest BCUT2D eigenvalue weighted by Crippen LogP contribution is -2.40. The summed E-state index contributed by atoms with van der Waals surface area (Å²) >= 11 is 0. The van der Waals surface area contributed by atoms with Crippen molar-refractivity contribution in [2.75, 3.05) is 39.5 Å². The van der Waals surface area contributed by atoms with Crippen LogP contribution in [0.25, 0.3) is 11.4 Å². The topological polar surface area (TPSA) is 72.7 Å². The summed E-state index contributed by atoms with van der Waals surface area (Å²) in [6.45, 7) is 8.00. The maximum absolute atomic E-state index is 5.66. The number of rotatable bonds is 4. The molecule has 2 aromatic rings. The molecular weight excluding hydrogens is 356 g/mol. The van der Waals surface area contributed by atoms with Crippen LogP contribution in [0.3, 0.4) is 0 Å². The highest BCUT2D eigenvalue weighted by molar-refractivity contribution is 5.85. The van der Waals surface area contributed by atoms with Gasteiger partial charge in [0.25, 0.3) is 0 Å². The first-order valence-corrected chi connectivity index (χ1v) is 8.87. The SMILES string of the molecule is C[C@H]1OCCN[C@@H]1c1nc(-c2cccc(CN3CCOCC3)c2)no1.Cl. The Morgan fingerprint density at radius 2 is 2.08 bits per heavy atom. The van der Waals surface area contributed by atoms with Gasteiger partial charge in [0, 0.05) is 31.7 Å². The van der Waals surface area contributed by atoms with Crippen LogP contribution in [0.2, 0.25) is 0 Å². The molecule has 0 unspecified atom stereocenters. The molecule has 0 spiro atoms. The molecule has 2 fully saturated rings. The van der Waals surface area contributed by atoms with E-state index in [1.807, 2.05) is 19.1 Å². The lowest BCUT2D eigenvalue weighted by Gasteiger charge is -2.27. The number of nitrogens with zero attached hydrogens (tertiary/aromatic N) is 3. The van der Waals surface area contributed by atoms with E-state index < -0.39 is 0 Å². The van der Waals surface area contributed by atoms with Crippen molar-refractivity contribution in [2.24, 2.45) is 0 Å². The summed E-state index contributed by atoms with van der Waals surface area (Å²) < 4.78 is 16.6. The number of halogens is 1. The Labute approximate surface area is 159 Å². The van der Waals surface area contributed by atoms with Gasteiger partial charge < -0.3 is 19.3 Å². The van der Waals surface area contributed by atoms with Gasteiger partial charge >= 0.3 is 0 Å². The van der Waals surface area contributed by atoms with Gasteiger partial charge in [-0.15, -0.1) is 12.4 Å². The molecule has 2 saturated heterocycles. The summed E-state index contributed by atoms with van der Waals surface area (Å²) in [5, 5.41) is 7.54. The molecule has 4 rings (SSSR count). The van der Waals surface area contributed by atoms with Crippen LogP contribution in [0.4, 0.5) is 0 Å². The van der Waals surface area contributed by atoms with Crippen molar-refractivity contribution in [3.8, 4) is 11.4 Å². The fourth-order valence-electron chi connectivity index (χ4n) is 3.31. The molecule has 8 heteroatoms. The minimum absolute atomic E-state index is 0. The zero-order valence-corrected chi connectivity index (χ0v) is 15.7. The van der Waals surface area contributed by atoms with Crippen molar-refractivity contribution in [1.29, 1.82) is 0 Å². The van der Waals surface area contributed by atoms with Crippen LogP contribution < -0.4 is 5.32 Å². The van der Waals surface area contributed by atoms with Crippen molar-refractivity contribution >= 4 is 12.4 Å². The van der Waals surface area contributed by atoms with Crippen LogP contribution in [0, 0.1) is 0 Å². The first-order chi connectivity index (χ1) is 12.3. The fourth-order valence-corrected chi connectivity index (χ4v) is 3.31. The van der Waals surface area contributed by atoms with Crippen molar-refractivity contribution in [3.05, 3.63) is 35.7 Å². The number of hydrogen-bond acceptors (Lipinski definition) is 7. The highest BCUT2D eigenvalue weighted by Crippen LogP contribution is 2.24. The Hall–Kier alpha value is -1.51. The van der Waals surface area contributed by atoms with Crippen molar-refractivity contribution in [1.82, 2.24) is 20.4 Å². The first-order valence-electron chi connectivity index (χ1n) is 8.87. The van der Waals surface area contributed by atoms with E-state index >= 15 is 0 Å². The molecule has 0 radical (unpaired) electrons. The van der Waals surface area contributed by atoms with E-state index in [1.54, 1.807) is 0 Å². The van der Waals surface area contributed by atoms with Crippen LogP contribution in [0.1, 0.15) is 24.4 Å². The van der Waals surface area contributed by atoms with Gasteiger partial charge in [0.1, 0.15) is 6.04 Å². The summed E-state index contributed by atoms with van der Waals surface area (Å²) in [5.41, 5.74) is 2.23. The van der Waals surface area contributed by atoms with E-state index in [0.717, 1.165) is 45.0 Å². The van der Waals surface area contributed by atoms with Crippen LogP contribution >= 0.6 is 12.4 Å².